The topological polar surface area (TPSA) is 67.9 Å². The van der Waals surface area contributed by atoms with Crippen LogP contribution in [0.4, 0.5) is 11.4 Å². The highest BCUT2D eigenvalue weighted by Crippen LogP contribution is 2.41. The zero-order chi connectivity index (χ0) is 27.4. The number of hydrogen-bond donors (Lipinski definition) is 2. The Hall–Kier alpha value is -3.39. The highest BCUT2D eigenvalue weighted by atomic mass is 35.5. The molecule has 0 spiro atoms. The van der Waals surface area contributed by atoms with Crippen LogP contribution < -0.4 is 15.5 Å². The second kappa shape index (κ2) is 12.2. The third-order valence-electron chi connectivity index (χ3n) is 7.50. The molecule has 39 heavy (non-hydrogen) atoms. The van der Waals surface area contributed by atoms with Crippen LogP contribution in [-0.2, 0) is 0 Å². The molecule has 3 aromatic rings. The van der Waals surface area contributed by atoms with Crippen molar-refractivity contribution in [3.63, 3.8) is 0 Å². The van der Waals surface area contributed by atoms with Gasteiger partial charge < -0.3 is 20.4 Å². The molecule has 1 saturated carbocycles. The van der Waals surface area contributed by atoms with E-state index in [2.05, 4.69) is 51.6 Å². The summed E-state index contributed by atoms with van der Waals surface area (Å²) in [4.78, 5) is 33.3. The van der Waals surface area contributed by atoms with Gasteiger partial charge in [0, 0.05) is 67.4 Å². The molecule has 2 N–H and O–H groups in total. The highest BCUT2D eigenvalue weighted by Gasteiger charge is 2.39. The van der Waals surface area contributed by atoms with Gasteiger partial charge in [0.25, 0.3) is 11.8 Å². The fraction of sp³-hybridized carbons (Fsp3) is 0.355. The Morgan fingerprint density at radius 3 is 2.36 bits per heavy atom. The molecule has 1 heterocycles. The van der Waals surface area contributed by atoms with Crippen LogP contribution in [0.5, 0.6) is 0 Å². The molecule has 1 aliphatic carbocycles. The number of piperazine rings is 1. The molecule has 0 bridgehead atoms. The van der Waals surface area contributed by atoms with E-state index in [9.17, 15) is 9.59 Å². The van der Waals surface area contributed by atoms with Crippen LogP contribution in [0.25, 0.3) is 0 Å². The molecule has 0 aromatic heterocycles. The summed E-state index contributed by atoms with van der Waals surface area (Å²) >= 11 is 6.13. The number of nitrogens with zero attached hydrogens (tertiary/aromatic N) is 3. The number of nitrogens with one attached hydrogen (secondary N) is 2. The lowest BCUT2D eigenvalue weighted by Crippen LogP contribution is -2.48. The fourth-order valence-electron chi connectivity index (χ4n) is 5.11. The Morgan fingerprint density at radius 2 is 1.64 bits per heavy atom. The van der Waals surface area contributed by atoms with Gasteiger partial charge in [-0.15, -0.1) is 0 Å². The van der Waals surface area contributed by atoms with Crippen LogP contribution in [0, 0.1) is 0 Å². The molecule has 5 rings (SSSR count). The molecule has 1 saturated heterocycles. The summed E-state index contributed by atoms with van der Waals surface area (Å²) in [5.74, 6) is -0.0378. The normalized spacial score (nSPS) is 19.1. The van der Waals surface area contributed by atoms with E-state index in [-0.39, 0.29) is 17.9 Å². The largest absolute Gasteiger partial charge is 0.367 e. The second-order valence-corrected chi connectivity index (χ2v) is 11.1. The van der Waals surface area contributed by atoms with Crippen LogP contribution >= 0.6 is 11.6 Å². The number of carbonyl (C=O) groups excluding carboxylic acids is 2. The number of halogens is 1. The molecular formula is C31H36ClN5O2. The summed E-state index contributed by atoms with van der Waals surface area (Å²) in [7, 11) is 4.18. The first kappa shape index (κ1) is 27.2. The molecule has 2 atom stereocenters. The van der Waals surface area contributed by atoms with E-state index in [1.807, 2.05) is 30.3 Å². The van der Waals surface area contributed by atoms with E-state index in [4.69, 9.17) is 11.6 Å². The van der Waals surface area contributed by atoms with Crippen LogP contribution in [0.1, 0.15) is 38.6 Å². The third-order valence-corrected chi connectivity index (χ3v) is 7.74. The van der Waals surface area contributed by atoms with Crippen molar-refractivity contribution in [2.75, 3.05) is 63.6 Å². The minimum Gasteiger partial charge on any atom is -0.367 e. The number of benzene rings is 3. The summed E-state index contributed by atoms with van der Waals surface area (Å²) in [6.07, 6.45) is 0.935. The minimum atomic E-state index is -0.257. The monoisotopic (exact) mass is 545 g/mol. The van der Waals surface area contributed by atoms with E-state index < -0.39 is 0 Å². The molecule has 0 radical (unpaired) electrons. The Bertz CT molecular complexity index is 1310. The summed E-state index contributed by atoms with van der Waals surface area (Å²) < 4.78 is 0. The Kier molecular flexibility index (Phi) is 8.50. The Balaban J connectivity index is 1.32. The first-order valence-corrected chi connectivity index (χ1v) is 13.9. The van der Waals surface area contributed by atoms with Crippen molar-refractivity contribution in [1.82, 2.24) is 15.1 Å². The maximum Gasteiger partial charge on any atom is 0.255 e. The van der Waals surface area contributed by atoms with Crippen molar-refractivity contribution in [3.05, 3.63) is 94.5 Å². The number of carbonyl (C=O) groups is 2. The van der Waals surface area contributed by atoms with Crippen molar-refractivity contribution in [2.45, 2.75) is 18.4 Å². The van der Waals surface area contributed by atoms with Gasteiger partial charge in [0.05, 0.1) is 11.4 Å². The maximum absolute atomic E-state index is 13.2. The van der Waals surface area contributed by atoms with Crippen LogP contribution in [0.3, 0.4) is 0 Å². The molecule has 3 aromatic carbocycles. The predicted octanol–water partition coefficient (Wildman–Crippen LogP) is 4.56. The van der Waals surface area contributed by atoms with E-state index in [0.29, 0.717) is 27.8 Å². The molecule has 204 valence electrons. The van der Waals surface area contributed by atoms with Gasteiger partial charge in [-0.05, 0) is 62.5 Å². The zero-order valence-electron chi connectivity index (χ0n) is 22.6. The number of anilines is 2. The predicted molar refractivity (Wildman–Crippen MR) is 158 cm³/mol. The smallest absolute Gasteiger partial charge is 0.255 e. The summed E-state index contributed by atoms with van der Waals surface area (Å²) in [6.45, 7) is 5.64. The lowest BCUT2D eigenvalue weighted by molar-refractivity contribution is 0.0949. The number of amides is 2. The first-order chi connectivity index (χ1) is 18.9. The Labute approximate surface area is 235 Å². The molecule has 2 amide bonds. The molecule has 2 aliphatic rings. The third kappa shape index (κ3) is 6.98. The van der Waals surface area contributed by atoms with Crippen LogP contribution in [0.15, 0.2) is 72.8 Å². The molecule has 8 heteroatoms. The van der Waals surface area contributed by atoms with Crippen LogP contribution in [-0.4, -0.2) is 81.0 Å². The second-order valence-electron chi connectivity index (χ2n) is 10.7. The van der Waals surface area contributed by atoms with E-state index in [1.165, 1.54) is 5.56 Å². The van der Waals surface area contributed by atoms with Crippen molar-refractivity contribution < 1.29 is 9.59 Å². The molecule has 2 fully saturated rings. The molecule has 7 nitrogen and oxygen atoms in total. The van der Waals surface area contributed by atoms with E-state index >= 15 is 0 Å². The maximum atomic E-state index is 13.2. The van der Waals surface area contributed by atoms with Gasteiger partial charge in [-0.25, -0.2) is 0 Å². The molecule has 1 aliphatic heterocycles. The fourth-order valence-corrected chi connectivity index (χ4v) is 5.30. The van der Waals surface area contributed by atoms with Crippen LogP contribution in [0.2, 0.25) is 5.02 Å². The van der Waals surface area contributed by atoms with Crippen molar-refractivity contribution in [1.29, 1.82) is 0 Å². The van der Waals surface area contributed by atoms with Gasteiger partial charge in [0.1, 0.15) is 0 Å². The number of likely N-dealkylation sites (N-methyl/N-ethyl adjacent to an activating group) is 1. The highest BCUT2D eigenvalue weighted by molar-refractivity contribution is 6.31. The van der Waals surface area contributed by atoms with Crippen molar-refractivity contribution in [3.8, 4) is 0 Å². The lowest BCUT2D eigenvalue weighted by atomic mass is 10.1. The summed E-state index contributed by atoms with van der Waals surface area (Å²) in [5, 5.41) is 6.74. The van der Waals surface area contributed by atoms with Crippen molar-refractivity contribution in [2.24, 2.45) is 0 Å². The minimum absolute atomic E-state index is 0.124. The van der Waals surface area contributed by atoms with Gasteiger partial charge in [0.15, 0.2) is 0 Å². The van der Waals surface area contributed by atoms with Gasteiger partial charge in [-0.1, -0.05) is 48.0 Å². The van der Waals surface area contributed by atoms with Gasteiger partial charge in [-0.2, -0.15) is 0 Å². The zero-order valence-corrected chi connectivity index (χ0v) is 23.3. The van der Waals surface area contributed by atoms with Gasteiger partial charge >= 0.3 is 0 Å². The van der Waals surface area contributed by atoms with E-state index in [0.717, 1.165) is 51.4 Å². The molecular weight excluding hydrogens is 510 g/mol. The number of hydrogen-bond acceptors (Lipinski definition) is 5. The SMILES string of the molecule is CN(C)CCN1CCN(c2ccc(C(=O)N[C@@H]3CC3c3ccccc3)cc2NC(=O)c2cccc(Cl)c2)CC1. The van der Waals surface area contributed by atoms with Gasteiger partial charge in [0.2, 0.25) is 0 Å². The summed E-state index contributed by atoms with van der Waals surface area (Å²) in [6, 6.07) is 22.9. The first-order valence-electron chi connectivity index (χ1n) is 13.6. The Morgan fingerprint density at radius 1 is 0.897 bits per heavy atom. The summed E-state index contributed by atoms with van der Waals surface area (Å²) in [5.41, 5.74) is 3.80. The van der Waals surface area contributed by atoms with E-state index in [1.54, 1.807) is 30.3 Å². The molecule has 1 unspecified atom stereocenters. The average Bonchev–Trinajstić information content (AvgIpc) is 3.71. The lowest BCUT2D eigenvalue weighted by Gasteiger charge is -2.37. The number of rotatable bonds is 9. The standard InChI is InChI=1S/C31H36ClN5O2/c1-35(2)13-14-36-15-17-37(18-16-36)29-12-11-24(20-28(29)34-30(38)23-9-6-10-25(32)19-23)31(39)33-27-21-26(27)22-7-4-3-5-8-22/h3-12,19-20,26-27H,13-18,21H2,1-2H3,(H,33,39)(H,34,38)/t26?,27-/m1/s1. The van der Waals surface area contributed by atoms with Crippen molar-refractivity contribution >= 4 is 34.8 Å². The quantitative estimate of drug-likeness (QED) is 0.412. The average molecular weight is 546 g/mol. The van der Waals surface area contributed by atoms with Gasteiger partial charge in [-0.3, -0.25) is 14.5 Å².